The quantitative estimate of drug-likeness (QED) is 0.287. The van der Waals surface area contributed by atoms with E-state index in [9.17, 15) is 4.79 Å². The van der Waals surface area contributed by atoms with Crippen LogP contribution in [0.1, 0.15) is 61.4 Å². The summed E-state index contributed by atoms with van der Waals surface area (Å²) in [6, 6.07) is 20.5. The van der Waals surface area contributed by atoms with Crippen LogP contribution in [-0.4, -0.2) is 37.6 Å². The molecular formula is C32H37BN2O4. The molecule has 0 saturated carbocycles. The van der Waals surface area contributed by atoms with E-state index in [4.69, 9.17) is 19.8 Å². The highest BCUT2D eigenvalue weighted by molar-refractivity contribution is 6.56. The van der Waals surface area contributed by atoms with Gasteiger partial charge in [0.1, 0.15) is 6.61 Å². The molecule has 1 heterocycles. The van der Waals surface area contributed by atoms with Crippen LogP contribution in [0.15, 0.2) is 66.1 Å². The fourth-order valence-electron chi connectivity index (χ4n) is 5.24. The van der Waals surface area contributed by atoms with Crippen molar-refractivity contribution in [2.24, 2.45) is 0 Å². The first-order valence-corrected chi connectivity index (χ1v) is 13.5. The van der Waals surface area contributed by atoms with Gasteiger partial charge in [0.15, 0.2) is 0 Å². The van der Waals surface area contributed by atoms with Crippen molar-refractivity contribution in [2.45, 2.75) is 58.7 Å². The van der Waals surface area contributed by atoms with Crippen molar-refractivity contribution < 1.29 is 18.8 Å². The van der Waals surface area contributed by atoms with Crippen molar-refractivity contribution >= 4 is 25.0 Å². The second-order valence-electron chi connectivity index (χ2n) is 11.5. The van der Waals surface area contributed by atoms with Crippen LogP contribution >= 0.6 is 0 Å². The Balaban J connectivity index is 1.33. The molecule has 1 aliphatic heterocycles. The number of nitrogens with two attached hydrogens (primary N) is 1. The molecule has 1 saturated heterocycles. The molecule has 1 aliphatic carbocycles. The number of carbonyl (C=O) groups is 1. The molecule has 3 aromatic carbocycles. The Bertz CT molecular complexity index is 1380. The van der Waals surface area contributed by atoms with Crippen LogP contribution in [0.5, 0.6) is 0 Å². The SMILES string of the molecule is Cc1c(N)ccc(C=C(CNC(=O)OCC2c3ccccc3-c3ccccc32)B2OC(C)(C)C(C)(C)O2)c1C. The number of nitrogen functional groups attached to an aromatic ring is 1. The van der Waals surface area contributed by atoms with Gasteiger partial charge < -0.3 is 25.1 Å². The summed E-state index contributed by atoms with van der Waals surface area (Å²) in [6.45, 7) is 12.6. The van der Waals surface area contributed by atoms with E-state index >= 15 is 0 Å². The zero-order valence-electron chi connectivity index (χ0n) is 23.6. The summed E-state index contributed by atoms with van der Waals surface area (Å²) in [4.78, 5) is 13.0. The number of ether oxygens (including phenoxy) is 1. The largest absolute Gasteiger partial charge is 0.492 e. The Morgan fingerprint density at radius 3 is 2.08 bits per heavy atom. The molecule has 2 aliphatic rings. The molecule has 39 heavy (non-hydrogen) atoms. The molecule has 0 atom stereocenters. The molecule has 0 bridgehead atoms. The summed E-state index contributed by atoms with van der Waals surface area (Å²) in [5.41, 5.74) is 14.5. The van der Waals surface area contributed by atoms with Gasteiger partial charge in [-0.15, -0.1) is 0 Å². The summed E-state index contributed by atoms with van der Waals surface area (Å²) >= 11 is 0. The number of carbonyl (C=O) groups excluding carboxylic acids is 1. The molecule has 6 nitrogen and oxygen atoms in total. The number of amides is 1. The Kier molecular flexibility index (Phi) is 7.08. The van der Waals surface area contributed by atoms with Gasteiger partial charge in [-0.1, -0.05) is 60.7 Å². The first-order valence-electron chi connectivity index (χ1n) is 13.5. The van der Waals surface area contributed by atoms with Gasteiger partial charge in [0, 0.05) is 18.2 Å². The normalized spacial score (nSPS) is 17.6. The highest BCUT2D eigenvalue weighted by Gasteiger charge is 2.52. The van der Waals surface area contributed by atoms with Crippen molar-refractivity contribution in [3.63, 3.8) is 0 Å². The summed E-state index contributed by atoms with van der Waals surface area (Å²) < 4.78 is 18.4. The number of hydrogen-bond donors (Lipinski definition) is 2. The third kappa shape index (κ3) is 5.09. The minimum absolute atomic E-state index is 0.00154. The molecule has 7 heteroatoms. The first kappa shape index (κ1) is 27.0. The third-order valence-electron chi connectivity index (χ3n) is 8.55. The molecule has 3 N–H and O–H groups in total. The van der Waals surface area contributed by atoms with Crippen LogP contribution in [-0.2, 0) is 14.0 Å². The van der Waals surface area contributed by atoms with Crippen molar-refractivity contribution in [3.8, 4) is 11.1 Å². The molecule has 0 aromatic heterocycles. The molecule has 5 rings (SSSR count). The van der Waals surface area contributed by atoms with Crippen molar-refractivity contribution in [3.05, 3.63) is 94.0 Å². The lowest BCUT2D eigenvalue weighted by molar-refractivity contribution is 0.00578. The van der Waals surface area contributed by atoms with E-state index in [1.165, 1.54) is 22.3 Å². The monoisotopic (exact) mass is 524 g/mol. The van der Waals surface area contributed by atoms with E-state index in [-0.39, 0.29) is 19.1 Å². The van der Waals surface area contributed by atoms with Crippen molar-refractivity contribution in [2.75, 3.05) is 18.9 Å². The average molecular weight is 524 g/mol. The highest BCUT2D eigenvalue weighted by Crippen LogP contribution is 2.44. The Morgan fingerprint density at radius 1 is 0.923 bits per heavy atom. The fraction of sp³-hybridized carbons (Fsp3) is 0.344. The third-order valence-corrected chi connectivity index (χ3v) is 8.55. The minimum atomic E-state index is -0.610. The lowest BCUT2D eigenvalue weighted by atomic mass is 9.76. The number of alkyl carbamates (subject to hydrolysis) is 1. The van der Waals surface area contributed by atoms with Crippen LogP contribution in [0.3, 0.4) is 0 Å². The van der Waals surface area contributed by atoms with E-state index in [2.05, 4.69) is 29.6 Å². The number of rotatable bonds is 6. The number of fused-ring (bicyclic) bond motifs is 3. The van der Waals surface area contributed by atoms with Crippen LogP contribution < -0.4 is 11.1 Å². The van der Waals surface area contributed by atoms with E-state index in [1.807, 2.05) is 84.0 Å². The molecule has 202 valence electrons. The average Bonchev–Trinajstić information content (AvgIpc) is 3.34. The first-order chi connectivity index (χ1) is 18.5. The maximum Gasteiger partial charge on any atom is 0.492 e. The molecule has 1 fully saturated rings. The van der Waals surface area contributed by atoms with Crippen LogP contribution in [0.2, 0.25) is 0 Å². The van der Waals surface area contributed by atoms with Gasteiger partial charge in [0.2, 0.25) is 0 Å². The van der Waals surface area contributed by atoms with Crippen molar-refractivity contribution in [1.82, 2.24) is 5.32 Å². The Labute approximate surface area is 231 Å². The predicted octanol–water partition coefficient (Wildman–Crippen LogP) is 6.44. The molecule has 3 aromatic rings. The number of benzene rings is 3. The molecule has 0 unspecified atom stereocenters. The minimum Gasteiger partial charge on any atom is -0.449 e. The van der Waals surface area contributed by atoms with E-state index in [0.29, 0.717) is 0 Å². The van der Waals surface area contributed by atoms with Gasteiger partial charge in [0.05, 0.1) is 11.2 Å². The zero-order valence-corrected chi connectivity index (χ0v) is 23.6. The van der Waals surface area contributed by atoms with Crippen molar-refractivity contribution in [1.29, 1.82) is 0 Å². The van der Waals surface area contributed by atoms with E-state index in [0.717, 1.165) is 27.9 Å². The van der Waals surface area contributed by atoms with Gasteiger partial charge in [-0.2, -0.15) is 0 Å². The smallest absolute Gasteiger partial charge is 0.449 e. The lowest BCUT2D eigenvalue weighted by Crippen LogP contribution is -2.41. The maximum atomic E-state index is 13.0. The zero-order chi connectivity index (χ0) is 27.9. The predicted molar refractivity (Wildman–Crippen MR) is 157 cm³/mol. The number of hydrogen-bond acceptors (Lipinski definition) is 5. The van der Waals surface area contributed by atoms with E-state index in [1.54, 1.807) is 0 Å². The van der Waals surface area contributed by atoms with Gasteiger partial charge in [-0.25, -0.2) is 4.79 Å². The Hall–Kier alpha value is -3.55. The summed E-state index contributed by atoms with van der Waals surface area (Å²) in [6.07, 6.45) is 1.54. The van der Waals surface area contributed by atoms with Crippen LogP contribution in [0.4, 0.5) is 10.5 Å². The Morgan fingerprint density at radius 2 is 1.49 bits per heavy atom. The second-order valence-corrected chi connectivity index (χ2v) is 11.5. The van der Waals surface area contributed by atoms with Gasteiger partial charge in [-0.3, -0.25) is 0 Å². The fourth-order valence-corrected chi connectivity index (χ4v) is 5.24. The number of anilines is 1. The van der Waals surface area contributed by atoms with E-state index < -0.39 is 24.4 Å². The summed E-state index contributed by atoms with van der Waals surface area (Å²) in [5.74, 6) is 0.00154. The van der Waals surface area contributed by atoms with Crippen LogP contribution in [0.25, 0.3) is 17.2 Å². The molecular weight excluding hydrogens is 487 g/mol. The topological polar surface area (TPSA) is 82.8 Å². The van der Waals surface area contributed by atoms with Crippen LogP contribution in [0, 0.1) is 13.8 Å². The summed E-state index contributed by atoms with van der Waals surface area (Å²) in [7, 11) is -0.610. The second kappa shape index (κ2) is 10.2. The van der Waals surface area contributed by atoms with Gasteiger partial charge >= 0.3 is 13.2 Å². The lowest BCUT2D eigenvalue weighted by Gasteiger charge is -2.32. The highest BCUT2D eigenvalue weighted by atomic mass is 16.7. The maximum absolute atomic E-state index is 13.0. The number of nitrogens with one attached hydrogen (secondary N) is 1. The molecule has 0 radical (unpaired) electrons. The molecule has 0 spiro atoms. The summed E-state index contributed by atoms with van der Waals surface area (Å²) in [5, 5.41) is 2.94. The van der Waals surface area contributed by atoms with Gasteiger partial charge in [0.25, 0.3) is 0 Å². The standard InChI is InChI=1S/C32H37BN2O4/c1-20-21(2)29(34)16-15-22(20)17-23(33-38-31(3,4)32(5,6)39-33)18-35-30(36)37-19-28-26-13-9-7-11-24(26)25-12-8-10-14-27(25)28/h7-17,28H,18-19,34H2,1-6H3,(H,35,36). The molecule has 1 amide bonds. The van der Waals surface area contributed by atoms with Gasteiger partial charge in [-0.05, 0) is 92.0 Å².